The highest BCUT2D eigenvalue weighted by molar-refractivity contribution is 5.93. The number of carbonyl (C=O) groups excluding carboxylic acids is 3. The highest BCUT2D eigenvalue weighted by Crippen LogP contribution is 2.51. The summed E-state index contributed by atoms with van der Waals surface area (Å²) in [5.74, 6) is -0.681. The molecule has 1 fully saturated rings. The van der Waals surface area contributed by atoms with Crippen molar-refractivity contribution in [2.24, 2.45) is 11.3 Å². The summed E-state index contributed by atoms with van der Waals surface area (Å²) in [5.41, 5.74) is 1.93. The van der Waals surface area contributed by atoms with Gasteiger partial charge in [-0.25, -0.2) is 0 Å². The molecule has 0 bridgehead atoms. The molecule has 0 aromatic heterocycles. The fraction of sp³-hybridized carbons (Fsp3) is 0.325. The van der Waals surface area contributed by atoms with Crippen LogP contribution in [-0.4, -0.2) is 55.4 Å². The maximum Gasteiger partial charge on any atom is 0.320 e. The second-order valence-corrected chi connectivity index (χ2v) is 13.0. The van der Waals surface area contributed by atoms with Gasteiger partial charge in [0.25, 0.3) is 0 Å². The Morgan fingerprint density at radius 2 is 1.72 bits per heavy atom. The Balaban J connectivity index is 1.17. The third-order valence-corrected chi connectivity index (χ3v) is 9.86. The molecule has 1 N–H and O–H groups in total. The van der Waals surface area contributed by atoms with Crippen molar-refractivity contribution >= 4 is 28.6 Å². The van der Waals surface area contributed by atoms with Gasteiger partial charge in [0.15, 0.2) is 11.5 Å². The van der Waals surface area contributed by atoms with Gasteiger partial charge in [-0.2, -0.15) is 0 Å². The van der Waals surface area contributed by atoms with Crippen LogP contribution in [0.15, 0.2) is 103 Å². The van der Waals surface area contributed by atoms with E-state index in [1.807, 2.05) is 97.9 Å². The first-order valence-electron chi connectivity index (χ1n) is 16.9. The number of fused-ring (bicyclic) bond motifs is 3. The molecule has 4 atom stereocenters. The molecule has 0 saturated carbocycles. The number of methoxy groups -OCH3 is 1. The molecular formula is C40H40N2O8. The van der Waals surface area contributed by atoms with Gasteiger partial charge >= 0.3 is 5.97 Å². The minimum atomic E-state index is -1.34. The summed E-state index contributed by atoms with van der Waals surface area (Å²) in [5, 5.41) is 5.14. The van der Waals surface area contributed by atoms with E-state index >= 15 is 0 Å². The molecule has 1 saturated heterocycles. The van der Waals surface area contributed by atoms with E-state index in [1.165, 1.54) is 7.11 Å². The molecule has 10 heteroatoms. The lowest BCUT2D eigenvalue weighted by molar-refractivity contribution is -0.178. The third kappa shape index (κ3) is 6.56. The van der Waals surface area contributed by atoms with Crippen LogP contribution in [0.3, 0.4) is 0 Å². The summed E-state index contributed by atoms with van der Waals surface area (Å²) in [7, 11) is 1.33. The number of rotatable bonds is 11. The number of likely N-dealkylation sites (tertiary alicyclic amines) is 1. The van der Waals surface area contributed by atoms with E-state index in [9.17, 15) is 14.4 Å². The number of esters is 1. The predicted molar refractivity (Wildman–Crippen MR) is 185 cm³/mol. The standard InChI is InChI=1S/C40H40N2O8/c1-26-40(39(45)46-2)20-31(18-37(43)41-21-30-13-8-12-29-11-6-7-14-33(29)30)38(44)42(22-28-15-16-34-35(17-28)49-25-48-34)36(40)19-32(50-26)24-47-23-27-9-4-3-5-10-27/h3-17,19,26,31-32H,18,20-25H2,1-2H3,(H,41,43)/t26-,31+,32-,40+/m1/s1. The Labute approximate surface area is 290 Å². The van der Waals surface area contributed by atoms with Crippen molar-refractivity contribution in [3.63, 3.8) is 0 Å². The largest absolute Gasteiger partial charge is 0.468 e. The summed E-state index contributed by atoms with van der Waals surface area (Å²) in [6, 6.07) is 29.3. The average molecular weight is 677 g/mol. The third-order valence-electron chi connectivity index (χ3n) is 9.86. The number of hydrogen-bond donors (Lipinski definition) is 1. The van der Waals surface area contributed by atoms with Gasteiger partial charge in [0.1, 0.15) is 11.5 Å². The number of benzene rings is 4. The Morgan fingerprint density at radius 1 is 0.940 bits per heavy atom. The van der Waals surface area contributed by atoms with Crippen LogP contribution >= 0.6 is 0 Å². The van der Waals surface area contributed by atoms with Gasteiger partial charge in [-0.15, -0.1) is 0 Å². The number of ether oxygens (including phenoxy) is 5. The number of piperidine rings is 1. The van der Waals surface area contributed by atoms with E-state index in [0.717, 1.165) is 27.5 Å². The zero-order valence-electron chi connectivity index (χ0n) is 28.1. The minimum absolute atomic E-state index is 0.0580. The van der Waals surface area contributed by atoms with Crippen LogP contribution in [0.2, 0.25) is 0 Å². The van der Waals surface area contributed by atoms with E-state index in [1.54, 1.807) is 11.0 Å². The zero-order chi connectivity index (χ0) is 34.7. The molecule has 0 aliphatic carbocycles. The number of nitrogens with one attached hydrogen (secondary N) is 1. The molecule has 3 heterocycles. The van der Waals surface area contributed by atoms with E-state index in [2.05, 4.69) is 5.32 Å². The quantitative estimate of drug-likeness (QED) is 0.202. The van der Waals surface area contributed by atoms with Crippen molar-refractivity contribution < 1.29 is 38.1 Å². The second-order valence-electron chi connectivity index (χ2n) is 13.0. The van der Waals surface area contributed by atoms with Crippen LogP contribution in [-0.2, 0) is 48.3 Å². The van der Waals surface area contributed by atoms with E-state index < -0.39 is 29.5 Å². The first-order chi connectivity index (χ1) is 24.4. The molecule has 3 aliphatic rings. The molecule has 4 aromatic carbocycles. The van der Waals surface area contributed by atoms with Crippen LogP contribution in [0, 0.1) is 11.3 Å². The van der Waals surface area contributed by atoms with Gasteiger partial charge in [0, 0.05) is 24.6 Å². The van der Waals surface area contributed by atoms with Gasteiger partial charge in [-0.3, -0.25) is 14.4 Å². The van der Waals surface area contributed by atoms with Crippen LogP contribution in [0.4, 0.5) is 0 Å². The summed E-state index contributed by atoms with van der Waals surface area (Å²) in [4.78, 5) is 43.6. The fourth-order valence-electron chi connectivity index (χ4n) is 7.34. The smallest absolute Gasteiger partial charge is 0.320 e. The van der Waals surface area contributed by atoms with Crippen LogP contribution in [0.1, 0.15) is 36.5 Å². The van der Waals surface area contributed by atoms with Gasteiger partial charge in [0.2, 0.25) is 18.6 Å². The molecule has 10 nitrogen and oxygen atoms in total. The summed E-state index contributed by atoms with van der Waals surface area (Å²) < 4.78 is 29.0. The van der Waals surface area contributed by atoms with Crippen LogP contribution in [0.25, 0.3) is 10.8 Å². The molecule has 3 aliphatic heterocycles. The SMILES string of the molecule is COC(=O)[C@]12C[C@H](CC(=O)NCc3cccc4ccccc34)C(=O)N(Cc3ccc4c(c3)OCO4)C1=C[C@H](COCc1ccccc1)O[C@@H]2C. The highest BCUT2D eigenvalue weighted by Gasteiger charge is 2.59. The molecule has 50 heavy (non-hydrogen) atoms. The van der Waals surface area contributed by atoms with Crippen LogP contribution in [0.5, 0.6) is 11.5 Å². The lowest BCUT2D eigenvalue weighted by Gasteiger charge is -2.51. The van der Waals surface area contributed by atoms with E-state index in [-0.39, 0.29) is 44.6 Å². The maximum absolute atomic E-state index is 14.5. The summed E-state index contributed by atoms with van der Waals surface area (Å²) in [6.07, 6.45) is 0.540. The molecule has 7 rings (SSSR count). The minimum Gasteiger partial charge on any atom is -0.468 e. The first-order valence-corrected chi connectivity index (χ1v) is 16.9. The molecular weight excluding hydrogens is 636 g/mol. The molecule has 0 unspecified atom stereocenters. The normalized spacial score (nSPS) is 22.5. The number of hydrogen-bond acceptors (Lipinski definition) is 8. The number of nitrogens with zero attached hydrogens (tertiary/aromatic N) is 1. The fourth-order valence-corrected chi connectivity index (χ4v) is 7.34. The van der Waals surface area contributed by atoms with Gasteiger partial charge in [-0.1, -0.05) is 78.9 Å². The maximum atomic E-state index is 14.5. The number of carbonyl (C=O) groups is 3. The summed E-state index contributed by atoms with van der Waals surface area (Å²) in [6.45, 7) is 2.98. The molecule has 258 valence electrons. The molecule has 0 radical (unpaired) electrons. The van der Waals surface area contributed by atoms with Crippen molar-refractivity contribution in [1.29, 1.82) is 0 Å². The van der Waals surface area contributed by atoms with E-state index in [4.69, 9.17) is 23.7 Å². The van der Waals surface area contributed by atoms with E-state index in [0.29, 0.717) is 30.3 Å². The van der Waals surface area contributed by atoms with Gasteiger partial charge < -0.3 is 33.9 Å². The lowest BCUT2D eigenvalue weighted by Crippen LogP contribution is -2.60. The highest BCUT2D eigenvalue weighted by atomic mass is 16.7. The van der Waals surface area contributed by atoms with Crippen LogP contribution < -0.4 is 14.8 Å². The Bertz CT molecular complexity index is 1920. The molecule has 4 aromatic rings. The van der Waals surface area contributed by atoms with Crippen molar-refractivity contribution in [2.45, 2.75) is 51.7 Å². The van der Waals surface area contributed by atoms with Gasteiger partial charge in [-0.05, 0) is 59.0 Å². The van der Waals surface area contributed by atoms with Crippen molar-refractivity contribution in [2.75, 3.05) is 20.5 Å². The Hall–Kier alpha value is -5.19. The first kappa shape index (κ1) is 33.3. The Morgan fingerprint density at radius 3 is 2.56 bits per heavy atom. The second kappa shape index (κ2) is 14.3. The van der Waals surface area contributed by atoms with Gasteiger partial charge in [0.05, 0.1) is 33.0 Å². The zero-order valence-corrected chi connectivity index (χ0v) is 28.1. The summed E-state index contributed by atoms with van der Waals surface area (Å²) >= 11 is 0. The monoisotopic (exact) mass is 676 g/mol. The Kier molecular flexibility index (Phi) is 9.56. The van der Waals surface area contributed by atoms with Crippen molar-refractivity contribution in [3.05, 3.63) is 119 Å². The average Bonchev–Trinajstić information content (AvgIpc) is 3.61. The predicted octanol–water partition coefficient (Wildman–Crippen LogP) is 5.67. The molecule has 2 amide bonds. The van der Waals surface area contributed by atoms with Crippen molar-refractivity contribution in [3.8, 4) is 11.5 Å². The number of amides is 2. The topological polar surface area (TPSA) is 113 Å². The molecule has 0 spiro atoms. The van der Waals surface area contributed by atoms with Crippen molar-refractivity contribution in [1.82, 2.24) is 10.2 Å². The lowest BCUT2D eigenvalue weighted by atomic mass is 9.66.